The molecule has 5 rings (SSSR count). The van der Waals surface area contributed by atoms with Crippen molar-refractivity contribution in [2.75, 3.05) is 7.11 Å². The van der Waals surface area contributed by atoms with E-state index in [-0.39, 0.29) is 0 Å². The Morgan fingerprint density at radius 3 is 2.44 bits per heavy atom. The van der Waals surface area contributed by atoms with Crippen LogP contribution in [0.3, 0.4) is 0 Å². The van der Waals surface area contributed by atoms with Crippen LogP contribution in [0.2, 0.25) is 0 Å². The van der Waals surface area contributed by atoms with E-state index in [4.69, 9.17) is 9.53 Å². The first kappa shape index (κ1) is 23.5. The number of hydrogen-bond donors (Lipinski definition) is 2. The maximum absolute atomic E-state index is 10.4. The number of aldehydes is 1. The number of ether oxygens (including phenoxy) is 1. The third kappa shape index (κ3) is 5.82. The van der Waals surface area contributed by atoms with Crippen molar-refractivity contribution >= 4 is 17.3 Å². The number of benzene rings is 3. The smallest absolute Gasteiger partial charge is 0.446 e. The maximum atomic E-state index is 10.4. The molecule has 1 unspecified atom stereocenters. The number of rotatable bonds is 5. The van der Waals surface area contributed by atoms with Crippen LogP contribution >= 0.6 is 0 Å². The molecule has 2 N–H and O–H groups in total. The molecular weight excluding hydrogens is 443 g/mol. The number of H-pyrrole nitrogens is 1. The molecule has 1 aliphatic rings. The number of fused-ring (bicyclic) bond motifs is 2. The Kier molecular flexibility index (Phi) is 6.98. The third-order valence-electron chi connectivity index (χ3n) is 5.78. The average molecular weight is 467 g/mol. The van der Waals surface area contributed by atoms with Gasteiger partial charge in [-0.1, -0.05) is 36.4 Å². The van der Waals surface area contributed by atoms with Gasteiger partial charge in [0.2, 0.25) is 6.29 Å². The Balaban J connectivity index is 0.000000408. The number of aromatic amines is 1. The van der Waals surface area contributed by atoms with Gasteiger partial charge in [0, 0.05) is 12.6 Å². The van der Waals surface area contributed by atoms with Crippen LogP contribution in [0.15, 0.2) is 67.0 Å². The summed E-state index contributed by atoms with van der Waals surface area (Å²) in [7, 11) is 1.73. The van der Waals surface area contributed by atoms with Gasteiger partial charge in [-0.15, -0.1) is 0 Å². The number of carbonyl (C=O) groups excluding carboxylic acids is 1. The average Bonchev–Trinajstić information content (AvgIpc) is 3.48. The van der Waals surface area contributed by atoms with Crippen molar-refractivity contribution < 1.29 is 22.7 Å². The topological polar surface area (TPSA) is 67.0 Å². The second kappa shape index (κ2) is 10.1. The zero-order chi connectivity index (χ0) is 24.1. The molecule has 4 aromatic rings. The molecule has 0 fully saturated rings. The second-order valence-electron chi connectivity index (χ2n) is 8.11. The molecule has 0 bridgehead atoms. The van der Waals surface area contributed by atoms with Crippen LogP contribution in [0, 0.1) is 0 Å². The van der Waals surface area contributed by atoms with Gasteiger partial charge in [0.15, 0.2) is 0 Å². The molecule has 5 nitrogen and oxygen atoms in total. The Bertz CT molecular complexity index is 1270. The van der Waals surface area contributed by atoms with Crippen molar-refractivity contribution in [2.24, 2.45) is 0 Å². The van der Waals surface area contributed by atoms with Crippen molar-refractivity contribution in [1.29, 1.82) is 0 Å². The summed E-state index contributed by atoms with van der Waals surface area (Å²) in [6.45, 7) is 0.885. The van der Waals surface area contributed by atoms with E-state index in [1.807, 2.05) is 0 Å². The van der Waals surface area contributed by atoms with E-state index in [1.54, 1.807) is 13.4 Å². The van der Waals surface area contributed by atoms with Crippen molar-refractivity contribution in [3.05, 3.63) is 83.7 Å². The van der Waals surface area contributed by atoms with E-state index in [9.17, 15) is 13.2 Å². The fourth-order valence-electron chi connectivity index (χ4n) is 4.06. The Labute approximate surface area is 195 Å². The first-order valence-corrected chi connectivity index (χ1v) is 10.8. The Hall–Kier alpha value is -3.65. The number of halogens is 3. The van der Waals surface area contributed by atoms with Crippen LogP contribution in [-0.2, 0) is 24.2 Å². The second-order valence-corrected chi connectivity index (χ2v) is 8.11. The summed E-state index contributed by atoms with van der Waals surface area (Å²) in [4.78, 5) is 16.2. The van der Waals surface area contributed by atoms with Gasteiger partial charge >= 0.3 is 6.18 Å². The number of carbonyl (C=O) groups is 1. The molecule has 8 heteroatoms. The molecule has 176 valence electrons. The molecule has 0 saturated heterocycles. The van der Waals surface area contributed by atoms with Crippen molar-refractivity contribution in [2.45, 2.75) is 31.6 Å². The summed E-state index contributed by atoms with van der Waals surface area (Å²) in [5.74, 6) is 0.948. The molecule has 0 amide bonds. The molecule has 0 spiro atoms. The minimum absolute atomic E-state index is 0.490. The van der Waals surface area contributed by atoms with E-state index in [1.165, 1.54) is 27.8 Å². The highest BCUT2D eigenvalue weighted by Gasteiger charge is 2.25. The molecule has 1 atom stereocenters. The van der Waals surface area contributed by atoms with E-state index in [0.29, 0.717) is 6.04 Å². The number of alkyl halides is 3. The molecular formula is C26H24F3N3O2. The minimum atomic E-state index is -4.64. The lowest BCUT2D eigenvalue weighted by molar-refractivity contribution is -0.156. The van der Waals surface area contributed by atoms with Crippen LogP contribution in [0.1, 0.15) is 16.7 Å². The first-order valence-electron chi connectivity index (χ1n) is 10.8. The van der Waals surface area contributed by atoms with Crippen molar-refractivity contribution in [1.82, 2.24) is 15.3 Å². The quantitative estimate of drug-likeness (QED) is 0.394. The molecule has 1 heterocycles. The molecule has 34 heavy (non-hydrogen) atoms. The van der Waals surface area contributed by atoms with E-state index >= 15 is 0 Å². The van der Waals surface area contributed by atoms with Gasteiger partial charge in [0.05, 0.1) is 24.5 Å². The largest absolute Gasteiger partial charge is 0.497 e. The zero-order valence-corrected chi connectivity index (χ0v) is 18.5. The van der Waals surface area contributed by atoms with Crippen LogP contribution < -0.4 is 10.1 Å². The first-order chi connectivity index (χ1) is 16.3. The summed E-state index contributed by atoms with van der Waals surface area (Å²) in [5.41, 5.74) is 8.64. The molecule has 0 radical (unpaired) electrons. The SMILES string of the molecule is COc1ccc2c(c1)CC(NCc1ccc(-c3ccc4nc[nH]c4c3)cc1)C2.O=CC(F)(F)F. The van der Waals surface area contributed by atoms with Crippen molar-refractivity contribution in [3.63, 3.8) is 0 Å². The number of aromatic nitrogens is 2. The lowest BCUT2D eigenvalue weighted by Gasteiger charge is -2.12. The number of hydrogen-bond acceptors (Lipinski definition) is 4. The van der Waals surface area contributed by atoms with Crippen LogP contribution in [0.4, 0.5) is 13.2 Å². The highest BCUT2D eigenvalue weighted by atomic mass is 19.4. The van der Waals surface area contributed by atoms with Gasteiger partial charge in [-0.25, -0.2) is 4.98 Å². The minimum Gasteiger partial charge on any atom is -0.497 e. The lowest BCUT2D eigenvalue weighted by Crippen LogP contribution is -2.28. The Morgan fingerprint density at radius 1 is 1.03 bits per heavy atom. The van der Waals surface area contributed by atoms with Crippen LogP contribution in [0.25, 0.3) is 22.2 Å². The summed E-state index contributed by atoms with van der Waals surface area (Å²) >= 11 is 0. The zero-order valence-electron chi connectivity index (χ0n) is 18.5. The van der Waals surface area contributed by atoms with Crippen LogP contribution in [-0.4, -0.2) is 35.6 Å². The monoisotopic (exact) mass is 467 g/mol. The molecule has 1 aliphatic carbocycles. The summed E-state index contributed by atoms with van der Waals surface area (Å²) < 4.78 is 36.6. The number of nitrogens with one attached hydrogen (secondary N) is 2. The van der Waals surface area contributed by atoms with Gasteiger partial charge in [0.1, 0.15) is 5.75 Å². The highest BCUT2D eigenvalue weighted by molar-refractivity contribution is 5.81. The Morgan fingerprint density at radius 2 is 1.74 bits per heavy atom. The third-order valence-corrected chi connectivity index (χ3v) is 5.78. The lowest BCUT2D eigenvalue weighted by atomic mass is 10.0. The van der Waals surface area contributed by atoms with E-state index in [2.05, 4.69) is 75.9 Å². The standard InChI is InChI=1S/C24H23N3O.C2HF3O/c1-28-22-8-6-18-10-21(11-20(18)12-22)25-14-16-2-4-17(5-3-16)19-7-9-23-24(13-19)27-15-26-23;3-2(4,5)1-6/h2-9,12-13,15,21,25H,10-11,14H2,1H3,(H,26,27);1H. The molecule has 0 saturated carbocycles. The molecule has 1 aromatic heterocycles. The number of nitrogens with zero attached hydrogens (tertiary/aromatic N) is 1. The summed E-state index contributed by atoms with van der Waals surface area (Å²) in [5, 5.41) is 3.71. The predicted molar refractivity (Wildman–Crippen MR) is 125 cm³/mol. The van der Waals surface area contributed by atoms with E-state index in [0.717, 1.165) is 36.2 Å². The summed E-state index contributed by atoms with van der Waals surface area (Å²) in [6, 6.07) is 22.1. The van der Waals surface area contributed by atoms with Gasteiger partial charge in [-0.3, -0.25) is 4.79 Å². The number of methoxy groups -OCH3 is 1. The van der Waals surface area contributed by atoms with E-state index < -0.39 is 12.5 Å². The normalized spacial score (nSPS) is 14.9. The van der Waals surface area contributed by atoms with Crippen molar-refractivity contribution in [3.8, 4) is 16.9 Å². The van der Waals surface area contributed by atoms with Gasteiger partial charge in [-0.05, 0) is 64.9 Å². The predicted octanol–water partition coefficient (Wildman–Crippen LogP) is 5.24. The fourth-order valence-corrected chi connectivity index (χ4v) is 4.06. The van der Waals surface area contributed by atoms with Gasteiger partial charge in [-0.2, -0.15) is 13.2 Å². The molecule has 0 aliphatic heterocycles. The van der Waals surface area contributed by atoms with Gasteiger partial charge < -0.3 is 15.0 Å². The maximum Gasteiger partial charge on any atom is 0.446 e. The summed E-state index contributed by atoms with van der Waals surface area (Å²) in [6.07, 6.45) is -1.82. The van der Waals surface area contributed by atoms with Crippen LogP contribution in [0.5, 0.6) is 5.75 Å². The highest BCUT2D eigenvalue weighted by Crippen LogP contribution is 2.27. The van der Waals surface area contributed by atoms with Gasteiger partial charge in [0.25, 0.3) is 0 Å². The fraction of sp³-hybridized carbons (Fsp3) is 0.231. The molecule has 3 aromatic carbocycles. The number of imidazole rings is 1.